The van der Waals surface area contributed by atoms with Crippen LogP contribution in [-0.4, -0.2) is 53.3 Å². The van der Waals surface area contributed by atoms with Crippen LogP contribution in [0.4, 0.5) is 4.79 Å². The van der Waals surface area contributed by atoms with Crippen molar-refractivity contribution in [2.24, 2.45) is 0 Å². The molecular weight excluding hydrogens is 236 g/mol. The molecule has 1 fully saturated rings. The molecule has 1 heterocycles. The molecule has 3 atom stereocenters. The summed E-state index contributed by atoms with van der Waals surface area (Å²) < 4.78 is 5.43. The van der Waals surface area contributed by atoms with E-state index in [2.05, 4.69) is 5.32 Å². The molecule has 2 amide bonds. The molecule has 0 spiro atoms. The largest absolute Gasteiger partial charge is 0.480 e. The minimum atomic E-state index is -0.987. The van der Waals surface area contributed by atoms with Crippen molar-refractivity contribution < 1.29 is 19.4 Å². The van der Waals surface area contributed by atoms with Crippen LogP contribution < -0.4 is 5.32 Å². The zero-order valence-corrected chi connectivity index (χ0v) is 11.2. The molecular formula is C12H22N2O4. The first-order valence-electron chi connectivity index (χ1n) is 6.37. The maximum atomic E-state index is 12.0. The number of ether oxygens (including phenoxy) is 1. The van der Waals surface area contributed by atoms with E-state index in [1.54, 1.807) is 4.90 Å². The number of carbonyl (C=O) groups excluding carboxylic acids is 1. The maximum Gasteiger partial charge on any atom is 0.326 e. The Bertz CT molecular complexity index is 308. The number of carboxylic acids is 1. The number of urea groups is 1. The highest BCUT2D eigenvalue weighted by molar-refractivity contribution is 5.82. The van der Waals surface area contributed by atoms with Crippen molar-refractivity contribution in [1.82, 2.24) is 10.2 Å². The van der Waals surface area contributed by atoms with Crippen molar-refractivity contribution in [2.45, 2.75) is 51.8 Å². The summed E-state index contributed by atoms with van der Waals surface area (Å²) in [5.74, 6) is -0.987. The Balaban J connectivity index is 2.59. The van der Waals surface area contributed by atoms with Gasteiger partial charge in [0.15, 0.2) is 0 Å². The molecule has 2 N–H and O–H groups in total. The van der Waals surface area contributed by atoms with Crippen LogP contribution in [-0.2, 0) is 9.53 Å². The highest BCUT2D eigenvalue weighted by atomic mass is 16.5. The number of hydrogen-bond donors (Lipinski definition) is 2. The Hall–Kier alpha value is -1.30. The molecule has 0 bridgehead atoms. The van der Waals surface area contributed by atoms with Gasteiger partial charge in [-0.15, -0.1) is 0 Å². The van der Waals surface area contributed by atoms with Crippen molar-refractivity contribution in [3.63, 3.8) is 0 Å². The van der Waals surface area contributed by atoms with E-state index in [4.69, 9.17) is 9.84 Å². The van der Waals surface area contributed by atoms with Gasteiger partial charge >= 0.3 is 12.0 Å². The monoisotopic (exact) mass is 258 g/mol. The van der Waals surface area contributed by atoms with Gasteiger partial charge in [0, 0.05) is 6.54 Å². The molecule has 1 aliphatic rings. The molecule has 0 aromatic carbocycles. The van der Waals surface area contributed by atoms with Crippen molar-refractivity contribution in [3.8, 4) is 0 Å². The van der Waals surface area contributed by atoms with Gasteiger partial charge in [0.1, 0.15) is 6.04 Å². The average Bonchev–Trinajstić information content (AvgIpc) is 2.31. The number of morpholine rings is 1. The third-order valence-electron chi connectivity index (χ3n) is 3.04. The molecule has 3 unspecified atom stereocenters. The predicted octanol–water partition coefficient (Wildman–Crippen LogP) is 1.06. The molecule has 0 saturated carbocycles. The Morgan fingerprint density at radius 2 is 2.17 bits per heavy atom. The van der Waals surface area contributed by atoms with Gasteiger partial charge in [-0.25, -0.2) is 9.59 Å². The summed E-state index contributed by atoms with van der Waals surface area (Å²) in [5.41, 5.74) is 0. The van der Waals surface area contributed by atoms with Gasteiger partial charge in [0.25, 0.3) is 0 Å². The topological polar surface area (TPSA) is 78.9 Å². The van der Waals surface area contributed by atoms with Gasteiger partial charge in [0.2, 0.25) is 0 Å². The fraction of sp³-hybridized carbons (Fsp3) is 0.833. The lowest BCUT2D eigenvalue weighted by molar-refractivity contribution is -0.139. The number of carboxylic acid groups (broad SMARTS) is 1. The Morgan fingerprint density at radius 3 is 2.72 bits per heavy atom. The fourth-order valence-corrected chi connectivity index (χ4v) is 1.96. The van der Waals surface area contributed by atoms with Gasteiger partial charge in [-0.3, -0.25) is 0 Å². The van der Waals surface area contributed by atoms with E-state index in [1.165, 1.54) is 0 Å². The van der Waals surface area contributed by atoms with Gasteiger partial charge in [-0.1, -0.05) is 13.3 Å². The standard InChI is InChI=1S/C12H22N2O4/c1-4-5-10(11(15)16)13-12(17)14-6-9(3)18-7-8(14)2/h8-10H,4-7H2,1-3H3,(H,13,17)(H,15,16). The minimum absolute atomic E-state index is 0.0126. The van der Waals surface area contributed by atoms with E-state index in [9.17, 15) is 9.59 Å². The van der Waals surface area contributed by atoms with Crippen LogP contribution in [0.15, 0.2) is 0 Å². The number of nitrogens with one attached hydrogen (secondary N) is 1. The van der Waals surface area contributed by atoms with Gasteiger partial charge in [-0.05, 0) is 20.3 Å². The zero-order valence-electron chi connectivity index (χ0n) is 11.2. The molecule has 0 radical (unpaired) electrons. The van der Waals surface area contributed by atoms with E-state index < -0.39 is 12.0 Å². The second kappa shape index (κ2) is 6.58. The summed E-state index contributed by atoms with van der Waals surface area (Å²) in [6.07, 6.45) is 1.14. The molecule has 6 heteroatoms. The van der Waals surface area contributed by atoms with Crippen LogP contribution in [0.5, 0.6) is 0 Å². The first-order chi connectivity index (χ1) is 8.45. The molecule has 0 aromatic rings. The summed E-state index contributed by atoms with van der Waals surface area (Å²) in [4.78, 5) is 24.7. The number of aliphatic carboxylic acids is 1. The fourth-order valence-electron chi connectivity index (χ4n) is 1.96. The Labute approximate surface area is 107 Å². The van der Waals surface area contributed by atoms with Crippen LogP contribution in [0.3, 0.4) is 0 Å². The minimum Gasteiger partial charge on any atom is -0.480 e. The van der Waals surface area contributed by atoms with Crippen LogP contribution in [0.25, 0.3) is 0 Å². The summed E-state index contributed by atoms with van der Waals surface area (Å²) in [7, 11) is 0. The zero-order chi connectivity index (χ0) is 13.7. The lowest BCUT2D eigenvalue weighted by atomic mass is 10.1. The lowest BCUT2D eigenvalue weighted by Gasteiger charge is -2.37. The number of amides is 2. The Kier molecular flexibility index (Phi) is 5.40. The van der Waals surface area contributed by atoms with E-state index in [-0.39, 0.29) is 18.2 Å². The molecule has 104 valence electrons. The SMILES string of the molecule is CCCC(NC(=O)N1CC(C)OCC1C)C(=O)O. The quantitative estimate of drug-likeness (QED) is 0.790. The molecule has 0 aromatic heterocycles. The predicted molar refractivity (Wildman–Crippen MR) is 66.4 cm³/mol. The van der Waals surface area contributed by atoms with E-state index in [0.29, 0.717) is 26.0 Å². The molecule has 18 heavy (non-hydrogen) atoms. The lowest BCUT2D eigenvalue weighted by Crippen LogP contribution is -2.56. The normalized spacial score (nSPS) is 25.6. The highest BCUT2D eigenvalue weighted by Gasteiger charge is 2.29. The van der Waals surface area contributed by atoms with Crippen LogP contribution in [0.2, 0.25) is 0 Å². The van der Waals surface area contributed by atoms with Crippen LogP contribution in [0.1, 0.15) is 33.6 Å². The average molecular weight is 258 g/mol. The molecule has 1 rings (SSSR count). The number of nitrogens with zero attached hydrogens (tertiary/aromatic N) is 1. The van der Waals surface area contributed by atoms with E-state index in [1.807, 2.05) is 20.8 Å². The molecule has 6 nitrogen and oxygen atoms in total. The molecule has 1 saturated heterocycles. The van der Waals surface area contributed by atoms with Crippen molar-refractivity contribution >= 4 is 12.0 Å². The second-order valence-electron chi connectivity index (χ2n) is 4.77. The second-order valence-corrected chi connectivity index (χ2v) is 4.77. The van der Waals surface area contributed by atoms with E-state index >= 15 is 0 Å². The van der Waals surface area contributed by atoms with Crippen molar-refractivity contribution in [2.75, 3.05) is 13.2 Å². The van der Waals surface area contributed by atoms with Crippen molar-refractivity contribution in [1.29, 1.82) is 0 Å². The van der Waals surface area contributed by atoms with Gasteiger partial charge < -0.3 is 20.1 Å². The summed E-state index contributed by atoms with van der Waals surface area (Å²) in [5, 5.41) is 11.6. The smallest absolute Gasteiger partial charge is 0.326 e. The van der Waals surface area contributed by atoms with Gasteiger partial charge in [-0.2, -0.15) is 0 Å². The van der Waals surface area contributed by atoms with Crippen molar-refractivity contribution in [3.05, 3.63) is 0 Å². The van der Waals surface area contributed by atoms with Gasteiger partial charge in [0.05, 0.1) is 18.8 Å². The third kappa shape index (κ3) is 3.87. The molecule has 1 aliphatic heterocycles. The maximum absolute atomic E-state index is 12.0. The highest BCUT2D eigenvalue weighted by Crippen LogP contribution is 2.12. The number of hydrogen-bond acceptors (Lipinski definition) is 3. The number of rotatable bonds is 4. The summed E-state index contributed by atoms with van der Waals surface area (Å²) >= 11 is 0. The first kappa shape index (κ1) is 14.8. The van der Waals surface area contributed by atoms with Crippen LogP contribution in [0, 0.1) is 0 Å². The third-order valence-corrected chi connectivity index (χ3v) is 3.04. The summed E-state index contributed by atoms with van der Waals surface area (Å²) in [6.45, 7) is 6.65. The van der Waals surface area contributed by atoms with E-state index in [0.717, 1.165) is 0 Å². The summed E-state index contributed by atoms with van der Waals surface area (Å²) in [6, 6.07) is -1.16. The first-order valence-corrected chi connectivity index (χ1v) is 6.37. The Morgan fingerprint density at radius 1 is 1.50 bits per heavy atom. The number of carbonyl (C=O) groups is 2. The molecule has 0 aliphatic carbocycles. The van der Waals surface area contributed by atoms with Crippen LogP contribution >= 0.6 is 0 Å².